The molecule has 0 radical (unpaired) electrons. The second-order valence-electron chi connectivity index (χ2n) is 6.90. The van der Waals surface area contributed by atoms with Crippen LogP contribution >= 0.6 is 0 Å². The van der Waals surface area contributed by atoms with Crippen LogP contribution in [-0.2, 0) is 9.59 Å². The molecular formula is C24H31N3O3. The zero-order valence-electron chi connectivity index (χ0n) is 17.9. The summed E-state index contributed by atoms with van der Waals surface area (Å²) < 4.78 is 5.11. The molecule has 2 N–H and O–H groups in total. The highest BCUT2D eigenvalue weighted by Gasteiger charge is 2.13. The van der Waals surface area contributed by atoms with Gasteiger partial charge >= 0.3 is 0 Å². The molecule has 2 aromatic rings. The van der Waals surface area contributed by atoms with Gasteiger partial charge in [-0.25, -0.2) is 0 Å². The summed E-state index contributed by atoms with van der Waals surface area (Å²) >= 11 is 0. The molecule has 0 saturated heterocycles. The van der Waals surface area contributed by atoms with Crippen molar-refractivity contribution in [1.82, 2.24) is 10.6 Å². The van der Waals surface area contributed by atoms with E-state index in [1.165, 1.54) is 11.8 Å². The standard InChI is InChI=1S/C24H31N3O3/c1-4-27(21-9-6-5-7-10-21)18-8-17-25-24(29)19(2)26-23(28)16-13-20-11-14-22(30-3)15-12-20/h5-7,9-16,19H,4,8,17-18H2,1-3H3,(H,25,29)(H,26,28). The largest absolute Gasteiger partial charge is 0.497 e. The molecule has 0 aliphatic rings. The lowest BCUT2D eigenvalue weighted by Gasteiger charge is -2.23. The number of methoxy groups -OCH3 is 1. The first-order valence-corrected chi connectivity index (χ1v) is 10.2. The summed E-state index contributed by atoms with van der Waals surface area (Å²) in [6, 6.07) is 17.0. The van der Waals surface area contributed by atoms with Gasteiger partial charge in [0.1, 0.15) is 11.8 Å². The Morgan fingerprint density at radius 1 is 1.10 bits per heavy atom. The van der Waals surface area contributed by atoms with E-state index >= 15 is 0 Å². The van der Waals surface area contributed by atoms with Gasteiger partial charge in [0, 0.05) is 31.4 Å². The third-order valence-corrected chi connectivity index (χ3v) is 4.70. The highest BCUT2D eigenvalue weighted by atomic mass is 16.5. The normalized spacial score (nSPS) is 11.7. The van der Waals surface area contributed by atoms with Crippen molar-refractivity contribution in [2.24, 2.45) is 0 Å². The number of benzene rings is 2. The van der Waals surface area contributed by atoms with Crippen LogP contribution in [0.4, 0.5) is 5.69 Å². The number of carbonyl (C=O) groups excluding carboxylic acids is 2. The van der Waals surface area contributed by atoms with E-state index in [1.54, 1.807) is 20.1 Å². The fourth-order valence-corrected chi connectivity index (χ4v) is 2.96. The summed E-state index contributed by atoms with van der Waals surface area (Å²) in [6.45, 7) is 6.11. The first-order chi connectivity index (χ1) is 14.5. The monoisotopic (exact) mass is 409 g/mol. The van der Waals surface area contributed by atoms with Gasteiger partial charge in [-0.3, -0.25) is 9.59 Å². The van der Waals surface area contributed by atoms with Crippen LogP contribution in [0.2, 0.25) is 0 Å². The number of rotatable bonds is 11. The van der Waals surface area contributed by atoms with E-state index in [2.05, 4.69) is 34.6 Å². The highest BCUT2D eigenvalue weighted by molar-refractivity contribution is 5.95. The molecular weight excluding hydrogens is 378 g/mol. The van der Waals surface area contributed by atoms with E-state index in [-0.39, 0.29) is 11.8 Å². The maximum Gasteiger partial charge on any atom is 0.244 e. The maximum atomic E-state index is 12.2. The third kappa shape index (κ3) is 7.62. The van der Waals surface area contributed by atoms with E-state index in [0.717, 1.165) is 30.8 Å². The molecule has 0 aliphatic heterocycles. The fraction of sp³-hybridized carbons (Fsp3) is 0.333. The zero-order valence-corrected chi connectivity index (χ0v) is 17.9. The number of carbonyl (C=O) groups is 2. The zero-order chi connectivity index (χ0) is 21.8. The molecule has 0 bridgehead atoms. The number of ether oxygens (including phenoxy) is 1. The van der Waals surface area contributed by atoms with Gasteiger partial charge in [0.25, 0.3) is 0 Å². The summed E-state index contributed by atoms with van der Waals surface area (Å²) in [5.74, 6) is 0.256. The van der Waals surface area contributed by atoms with Crippen LogP contribution in [0.1, 0.15) is 25.8 Å². The van der Waals surface area contributed by atoms with Crippen molar-refractivity contribution < 1.29 is 14.3 Å². The lowest BCUT2D eigenvalue weighted by atomic mass is 10.2. The average molecular weight is 410 g/mol. The van der Waals surface area contributed by atoms with Crippen molar-refractivity contribution in [3.8, 4) is 5.75 Å². The molecule has 6 heteroatoms. The SMILES string of the molecule is CCN(CCCNC(=O)C(C)NC(=O)C=Cc1ccc(OC)cc1)c1ccccc1. The Morgan fingerprint density at radius 2 is 1.80 bits per heavy atom. The van der Waals surface area contributed by atoms with Crippen molar-refractivity contribution in [3.63, 3.8) is 0 Å². The van der Waals surface area contributed by atoms with E-state index in [9.17, 15) is 9.59 Å². The van der Waals surface area contributed by atoms with Crippen molar-refractivity contribution in [3.05, 3.63) is 66.2 Å². The minimum atomic E-state index is -0.602. The first-order valence-electron chi connectivity index (χ1n) is 10.2. The van der Waals surface area contributed by atoms with Crippen molar-refractivity contribution in [2.45, 2.75) is 26.3 Å². The molecule has 0 spiro atoms. The average Bonchev–Trinajstić information content (AvgIpc) is 2.78. The van der Waals surface area contributed by atoms with Gasteiger partial charge in [-0.15, -0.1) is 0 Å². The van der Waals surface area contributed by atoms with Gasteiger partial charge in [0.2, 0.25) is 11.8 Å². The second kappa shape index (κ2) is 12.3. The number of nitrogens with one attached hydrogen (secondary N) is 2. The maximum absolute atomic E-state index is 12.2. The van der Waals surface area contributed by atoms with Crippen LogP contribution < -0.4 is 20.3 Å². The first kappa shape index (κ1) is 23.0. The van der Waals surface area contributed by atoms with Gasteiger partial charge in [-0.2, -0.15) is 0 Å². The molecule has 0 saturated carbocycles. The van der Waals surface area contributed by atoms with Crippen LogP contribution in [0.15, 0.2) is 60.7 Å². The molecule has 0 heterocycles. The Bertz CT molecular complexity index is 819. The van der Waals surface area contributed by atoms with E-state index in [0.29, 0.717) is 6.54 Å². The smallest absolute Gasteiger partial charge is 0.244 e. The van der Waals surface area contributed by atoms with Crippen LogP contribution in [0.25, 0.3) is 6.08 Å². The number of hydrogen-bond donors (Lipinski definition) is 2. The molecule has 6 nitrogen and oxygen atoms in total. The van der Waals surface area contributed by atoms with Gasteiger partial charge in [0.15, 0.2) is 0 Å². The van der Waals surface area contributed by atoms with Crippen LogP contribution in [0.5, 0.6) is 5.75 Å². The van der Waals surface area contributed by atoms with Crippen LogP contribution in [0.3, 0.4) is 0 Å². The topological polar surface area (TPSA) is 70.7 Å². The molecule has 2 rings (SSSR count). The lowest BCUT2D eigenvalue weighted by molar-refractivity contribution is -0.126. The highest BCUT2D eigenvalue weighted by Crippen LogP contribution is 2.13. The lowest BCUT2D eigenvalue weighted by Crippen LogP contribution is -2.44. The van der Waals surface area contributed by atoms with E-state index < -0.39 is 6.04 Å². The molecule has 0 fully saturated rings. The molecule has 160 valence electrons. The number of anilines is 1. The molecule has 2 aromatic carbocycles. The van der Waals surface area contributed by atoms with Crippen LogP contribution in [-0.4, -0.2) is 44.6 Å². The fourth-order valence-electron chi connectivity index (χ4n) is 2.96. The Balaban J connectivity index is 1.70. The molecule has 1 unspecified atom stereocenters. The van der Waals surface area contributed by atoms with Crippen molar-refractivity contribution >= 4 is 23.6 Å². The van der Waals surface area contributed by atoms with Crippen molar-refractivity contribution in [2.75, 3.05) is 31.6 Å². The Morgan fingerprint density at radius 3 is 2.43 bits per heavy atom. The molecule has 2 amide bonds. The third-order valence-electron chi connectivity index (χ3n) is 4.70. The van der Waals surface area contributed by atoms with E-state index in [4.69, 9.17) is 4.74 Å². The Labute approximate surface area is 178 Å². The molecule has 0 aromatic heterocycles. The molecule has 30 heavy (non-hydrogen) atoms. The summed E-state index contributed by atoms with van der Waals surface area (Å²) in [6.07, 6.45) is 3.94. The Kier molecular flexibility index (Phi) is 9.45. The van der Waals surface area contributed by atoms with Crippen molar-refractivity contribution in [1.29, 1.82) is 0 Å². The predicted molar refractivity (Wildman–Crippen MR) is 122 cm³/mol. The molecule has 0 aliphatic carbocycles. The van der Waals surface area contributed by atoms with Gasteiger partial charge in [-0.1, -0.05) is 30.3 Å². The minimum Gasteiger partial charge on any atom is -0.497 e. The quantitative estimate of drug-likeness (QED) is 0.442. The van der Waals surface area contributed by atoms with E-state index in [1.807, 2.05) is 42.5 Å². The number of para-hydroxylation sites is 1. The van der Waals surface area contributed by atoms with Gasteiger partial charge in [0.05, 0.1) is 7.11 Å². The number of amides is 2. The Hall–Kier alpha value is -3.28. The number of nitrogens with zero attached hydrogens (tertiary/aromatic N) is 1. The summed E-state index contributed by atoms with van der Waals surface area (Å²) in [7, 11) is 1.60. The van der Waals surface area contributed by atoms with Crippen LogP contribution in [0, 0.1) is 0 Å². The molecule has 1 atom stereocenters. The summed E-state index contributed by atoms with van der Waals surface area (Å²) in [5.41, 5.74) is 2.05. The predicted octanol–water partition coefficient (Wildman–Crippen LogP) is 3.25. The second-order valence-corrected chi connectivity index (χ2v) is 6.90. The summed E-state index contributed by atoms with van der Waals surface area (Å²) in [5, 5.41) is 5.57. The summed E-state index contributed by atoms with van der Waals surface area (Å²) in [4.78, 5) is 26.6. The number of hydrogen-bond acceptors (Lipinski definition) is 4. The van der Waals surface area contributed by atoms with Gasteiger partial charge < -0.3 is 20.3 Å². The van der Waals surface area contributed by atoms with Gasteiger partial charge in [-0.05, 0) is 56.2 Å². The minimum absolute atomic E-state index is 0.191.